The maximum atomic E-state index is 12.9. The molecule has 0 spiro atoms. The van der Waals surface area contributed by atoms with Gasteiger partial charge in [0.1, 0.15) is 17.3 Å². The van der Waals surface area contributed by atoms with E-state index in [2.05, 4.69) is 22.6 Å². The van der Waals surface area contributed by atoms with Gasteiger partial charge in [0.15, 0.2) is 0 Å². The van der Waals surface area contributed by atoms with Crippen molar-refractivity contribution in [2.75, 3.05) is 13.6 Å². The molecule has 11 heteroatoms. The van der Waals surface area contributed by atoms with Gasteiger partial charge in [-0.05, 0) is 88.3 Å². The van der Waals surface area contributed by atoms with Crippen LogP contribution in [0.3, 0.4) is 0 Å². The second kappa shape index (κ2) is 10.5. The number of carbonyl (C=O) groups excluding carboxylic acids is 2. The van der Waals surface area contributed by atoms with E-state index in [1.807, 2.05) is 6.07 Å². The second-order valence-corrected chi connectivity index (χ2v) is 11.2. The molecule has 1 amide bonds. The summed E-state index contributed by atoms with van der Waals surface area (Å²) in [7, 11) is 1.43. The lowest BCUT2D eigenvalue weighted by atomic mass is 9.99. The van der Waals surface area contributed by atoms with Crippen molar-refractivity contribution in [3.05, 3.63) is 43.6 Å². The predicted molar refractivity (Wildman–Crippen MR) is 136 cm³/mol. The van der Waals surface area contributed by atoms with Crippen LogP contribution in [0, 0.1) is 13.7 Å². The molecule has 2 atom stereocenters. The van der Waals surface area contributed by atoms with Gasteiger partial charge in [0.25, 0.3) is 0 Å². The molecule has 34 heavy (non-hydrogen) atoms. The first-order valence-corrected chi connectivity index (χ1v) is 11.9. The van der Waals surface area contributed by atoms with Crippen molar-refractivity contribution in [1.29, 1.82) is 0 Å². The summed E-state index contributed by atoms with van der Waals surface area (Å²) in [5.74, 6) is 0. The van der Waals surface area contributed by atoms with E-state index in [9.17, 15) is 24.8 Å². The first-order chi connectivity index (χ1) is 15.5. The van der Waals surface area contributed by atoms with Crippen LogP contribution in [0.2, 0.25) is 0 Å². The number of hydrogen-bond donors (Lipinski definition) is 1. The number of carbonyl (C=O) groups is 2. The fraction of sp³-hybridized carbons (Fsp3) is 0.565. The zero-order valence-corrected chi connectivity index (χ0v) is 22.7. The summed E-state index contributed by atoms with van der Waals surface area (Å²) < 4.78 is 13.2. The average Bonchev–Trinajstić information content (AvgIpc) is 3.02. The van der Waals surface area contributed by atoms with Gasteiger partial charge in [0, 0.05) is 27.1 Å². The molecule has 0 bridgehead atoms. The summed E-state index contributed by atoms with van der Waals surface area (Å²) in [6.45, 7) is 9.66. The number of aliphatic hydroxyl groups is 1. The van der Waals surface area contributed by atoms with Crippen LogP contribution < -0.4 is 0 Å². The molecule has 0 aliphatic heterocycles. The molecule has 2 aromatic rings. The molecule has 0 aliphatic carbocycles. The lowest BCUT2D eigenvalue weighted by molar-refractivity contribution is -0.491. The Bertz CT molecular complexity index is 1070. The fourth-order valence-electron chi connectivity index (χ4n) is 3.44. The first kappa shape index (κ1) is 27.8. The molecular weight excluding hydrogens is 557 g/mol. The molecule has 1 unspecified atom stereocenters. The van der Waals surface area contributed by atoms with Gasteiger partial charge in [-0.1, -0.05) is 6.07 Å². The van der Waals surface area contributed by atoms with Gasteiger partial charge < -0.3 is 19.5 Å². The minimum Gasteiger partial charge on any atom is -0.444 e. The van der Waals surface area contributed by atoms with Gasteiger partial charge in [-0.3, -0.25) is 14.7 Å². The maximum Gasteiger partial charge on any atom is 0.419 e. The largest absolute Gasteiger partial charge is 0.444 e. The molecule has 0 fully saturated rings. The van der Waals surface area contributed by atoms with Crippen LogP contribution in [-0.2, 0) is 15.9 Å². The summed E-state index contributed by atoms with van der Waals surface area (Å²) in [6, 6.07) is 4.46. The maximum absolute atomic E-state index is 12.9. The van der Waals surface area contributed by atoms with Gasteiger partial charge in [-0.15, -0.1) is 0 Å². The number of aliphatic hydroxyl groups excluding tert-OH is 1. The molecule has 188 valence electrons. The van der Waals surface area contributed by atoms with Crippen LogP contribution in [-0.4, -0.2) is 68.6 Å². The lowest BCUT2D eigenvalue weighted by Crippen LogP contribution is -2.49. The first-order valence-electron chi connectivity index (χ1n) is 10.8. The van der Waals surface area contributed by atoms with E-state index in [0.717, 1.165) is 8.96 Å². The number of benzene rings is 1. The molecule has 0 radical (unpaired) electrons. The minimum atomic E-state index is -1.46. The number of aromatic nitrogens is 1. The summed E-state index contributed by atoms with van der Waals surface area (Å²) in [5, 5.41) is 22.5. The highest BCUT2D eigenvalue weighted by molar-refractivity contribution is 14.1. The van der Waals surface area contributed by atoms with E-state index in [1.165, 1.54) is 16.5 Å². The van der Waals surface area contributed by atoms with Gasteiger partial charge in [-0.25, -0.2) is 9.59 Å². The highest BCUT2D eigenvalue weighted by Gasteiger charge is 2.34. The Balaban J connectivity index is 2.54. The SMILES string of the molecule is CN(C(=O)OC(C)(C)C)[C@H](Cc1cn(C(=O)OC(C)(C)C)c2cccc(I)c12)C(O)C[N+](=O)[O-]. The lowest BCUT2D eigenvalue weighted by Gasteiger charge is -2.32. The standard InChI is InChI=1S/C23H32IN3O7/c1-22(2,3)33-20(29)25(7)17(18(28)13-27(31)32)11-14-12-26(21(30)34-23(4,5)6)16-10-8-9-15(24)19(14)16/h8-10,12,17-18,28H,11,13H2,1-7H3/t17-,18?/m1/s1. The second-order valence-electron chi connectivity index (χ2n) is 10.1. The molecule has 1 N–H and O–H groups in total. The van der Waals surface area contributed by atoms with E-state index >= 15 is 0 Å². The van der Waals surface area contributed by atoms with Gasteiger partial charge >= 0.3 is 12.2 Å². The van der Waals surface area contributed by atoms with Crippen molar-refractivity contribution >= 4 is 45.7 Å². The van der Waals surface area contributed by atoms with E-state index in [0.29, 0.717) is 11.1 Å². The Labute approximate surface area is 212 Å². The smallest absolute Gasteiger partial charge is 0.419 e. The molecule has 0 aliphatic rings. The highest BCUT2D eigenvalue weighted by atomic mass is 127. The van der Waals surface area contributed by atoms with Crippen molar-refractivity contribution < 1.29 is 29.1 Å². The Morgan fingerprint density at radius 3 is 2.29 bits per heavy atom. The van der Waals surface area contributed by atoms with Crippen molar-refractivity contribution in [2.45, 2.75) is 71.3 Å². The molecule has 0 saturated carbocycles. The zero-order chi connectivity index (χ0) is 26.0. The van der Waals surface area contributed by atoms with E-state index in [1.54, 1.807) is 59.9 Å². The Hall–Kier alpha value is -2.41. The number of rotatable bonds is 6. The number of nitro groups is 1. The van der Waals surface area contributed by atoms with Crippen molar-refractivity contribution in [2.24, 2.45) is 0 Å². The van der Waals surface area contributed by atoms with Crippen LogP contribution in [0.1, 0.15) is 47.1 Å². The third-order valence-corrected chi connectivity index (χ3v) is 5.73. The topological polar surface area (TPSA) is 124 Å². The number of nitrogens with zero attached hydrogens (tertiary/aromatic N) is 3. The number of halogens is 1. The Morgan fingerprint density at radius 1 is 1.18 bits per heavy atom. The zero-order valence-electron chi connectivity index (χ0n) is 20.5. The normalized spacial score (nSPS) is 13.9. The highest BCUT2D eigenvalue weighted by Crippen LogP contribution is 2.30. The molecule has 0 saturated heterocycles. The van der Waals surface area contributed by atoms with E-state index in [-0.39, 0.29) is 6.42 Å². The van der Waals surface area contributed by atoms with Crippen molar-refractivity contribution in [3.8, 4) is 0 Å². The monoisotopic (exact) mass is 589 g/mol. The fourth-order valence-corrected chi connectivity index (χ4v) is 4.27. The average molecular weight is 589 g/mol. The molecule has 10 nitrogen and oxygen atoms in total. The number of likely N-dealkylation sites (N-methyl/N-ethyl adjacent to an activating group) is 1. The summed E-state index contributed by atoms with van der Waals surface area (Å²) >= 11 is 2.14. The molecular formula is C23H32IN3O7. The van der Waals surface area contributed by atoms with Crippen LogP contribution >= 0.6 is 22.6 Å². The van der Waals surface area contributed by atoms with Gasteiger partial charge in [0.05, 0.1) is 11.6 Å². The molecule has 2 rings (SSSR count). The van der Waals surface area contributed by atoms with Gasteiger partial charge in [0.2, 0.25) is 6.54 Å². The number of hydrogen-bond acceptors (Lipinski definition) is 7. The summed E-state index contributed by atoms with van der Waals surface area (Å²) in [4.78, 5) is 37.3. The Kier molecular flexibility index (Phi) is 8.57. The van der Waals surface area contributed by atoms with Crippen LogP contribution in [0.4, 0.5) is 9.59 Å². The van der Waals surface area contributed by atoms with E-state index < -0.39 is 47.0 Å². The van der Waals surface area contributed by atoms with Gasteiger partial charge in [-0.2, -0.15) is 0 Å². The summed E-state index contributed by atoms with van der Waals surface area (Å²) in [5.41, 5.74) is -0.268. The van der Waals surface area contributed by atoms with Crippen LogP contribution in [0.15, 0.2) is 24.4 Å². The minimum absolute atomic E-state index is 0.0526. The van der Waals surface area contributed by atoms with Crippen LogP contribution in [0.25, 0.3) is 10.9 Å². The number of fused-ring (bicyclic) bond motifs is 1. The predicted octanol–water partition coefficient (Wildman–Crippen LogP) is 4.44. The van der Waals surface area contributed by atoms with Crippen molar-refractivity contribution in [1.82, 2.24) is 9.47 Å². The summed E-state index contributed by atoms with van der Waals surface area (Å²) in [6.07, 6.45) is -1.11. The number of amides is 1. The third kappa shape index (κ3) is 7.29. The molecule has 1 aromatic heterocycles. The third-order valence-electron chi connectivity index (χ3n) is 4.84. The Morgan fingerprint density at radius 2 is 1.76 bits per heavy atom. The van der Waals surface area contributed by atoms with E-state index in [4.69, 9.17) is 9.47 Å². The van der Waals surface area contributed by atoms with Crippen LogP contribution in [0.5, 0.6) is 0 Å². The quantitative estimate of drug-likeness (QED) is 0.300. The van der Waals surface area contributed by atoms with Crippen molar-refractivity contribution in [3.63, 3.8) is 0 Å². The molecule has 1 aromatic carbocycles. The number of ether oxygens (including phenoxy) is 2. The molecule has 1 heterocycles.